The summed E-state index contributed by atoms with van der Waals surface area (Å²) in [6, 6.07) is 7.69. The van der Waals surface area contributed by atoms with E-state index in [9.17, 15) is 14.0 Å². The number of fused-ring (bicyclic) bond motifs is 1. The van der Waals surface area contributed by atoms with Crippen LogP contribution in [0.5, 0.6) is 11.5 Å². The van der Waals surface area contributed by atoms with E-state index in [1.165, 1.54) is 11.0 Å². The van der Waals surface area contributed by atoms with Crippen LogP contribution >= 0.6 is 11.6 Å². The number of carbonyl (C=O) groups is 2. The molecule has 184 valence electrons. The quantitative estimate of drug-likeness (QED) is 0.499. The Kier molecular flexibility index (Phi) is 6.98. The minimum atomic E-state index is -0.698. The van der Waals surface area contributed by atoms with Crippen molar-refractivity contribution in [3.8, 4) is 11.5 Å². The van der Waals surface area contributed by atoms with Crippen LogP contribution in [0.1, 0.15) is 29.8 Å². The Morgan fingerprint density at radius 2 is 2.03 bits per heavy atom. The minimum Gasteiger partial charge on any atom is -0.493 e. The van der Waals surface area contributed by atoms with Gasteiger partial charge in [0.15, 0.2) is 6.61 Å². The van der Waals surface area contributed by atoms with Crippen LogP contribution in [0.25, 0.3) is 5.57 Å². The number of benzene rings is 2. The second kappa shape index (κ2) is 9.95. The van der Waals surface area contributed by atoms with E-state index in [4.69, 9.17) is 26.5 Å². The maximum atomic E-state index is 14.5. The number of carbonyl (C=O) groups excluding carboxylic acids is 2. The number of allylic oxidation sites excluding steroid dienone is 2. The van der Waals surface area contributed by atoms with Crippen molar-refractivity contribution in [3.05, 3.63) is 58.0 Å². The van der Waals surface area contributed by atoms with Crippen LogP contribution in [0.15, 0.2) is 36.0 Å². The van der Waals surface area contributed by atoms with Gasteiger partial charge in [-0.05, 0) is 38.1 Å². The summed E-state index contributed by atoms with van der Waals surface area (Å²) in [6.07, 6.45) is 0. The lowest BCUT2D eigenvalue weighted by atomic mass is 9.98. The third-order valence-corrected chi connectivity index (χ3v) is 6.22. The Balaban J connectivity index is 1.42. The molecule has 3 N–H and O–H groups in total. The Hall–Kier alpha value is -3.59. The smallest absolute Gasteiger partial charge is 0.262 e. The van der Waals surface area contributed by atoms with Gasteiger partial charge < -0.3 is 30.4 Å². The molecule has 2 aliphatic heterocycles. The molecule has 4 rings (SSSR count). The number of likely N-dealkylation sites (tertiary alicyclic amines) is 1. The maximum absolute atomic E-state index is 14.5. The number of halogens is 2. The standard InChI is InChI=1S/C25H26ClFN4O4/c1-13(28)24(14(2)29-3)18-6-16(26)4-5-21(18)34-11-15-9-31(10-15)25(33)17-7-20-22(8-19(17)27)35-12-23(32)30-20/h4-8,15,28-29H,9-12H2,1-3H3,(H,30,32)/b24-14+,28-13?. The molecule has 2 aromatic rings. The first kappa shape index (κ1) is 24.5. The van der Waals surface area contributed by atoms with Crippen molar-refractivity contribution in [1.82, 2.24) is 10.2 Å². The van der Waals surface area contributed by atoms with Crippen molar-refractivity contribution < 1.29 is 23.5 Å². The summed E-state index contributed by atoms with van der Waals surface area (Å²) >= 11 is 6.22. The summed E-state index contributed by atoms with van der Waals surface area (Å²) in [5.41, 5.74) is 2.77. The van der Waals surface area contributed by atoms with E-state index in [1.807, 2.05) is 6.92 Å². The Bertz CT molecular complexity index is 1240. The number of nitrogens with zero attached hydrogens (tertiary/aromatic N) is 1. The van der Waals surface area contributed by atoms with Gasteiger partial charge in [-0.3, -0.25) is 9.59 Å². The molecule has 10 heteroatoms. The Morgan fingerprint density at radius 3 is 2.71 bits per heavy atom. The second-order valence-electron chi connectivity index (χ2n) is 8.57. The number of nitrogens with one attached hydrogen (secondary N) is 3. The molecule has 35 heavy (non-hydrogen) atoms. The molecule has 0 unspecified atom stereocenters. The van der Waals surface area contributed by atoms with Gasteiger partial charge in [-0.15, -0.1) is 0 Å². The van der Waals surface area contributed by atoms with E-state index in [0.717, 1.165) is 11.8 Å². The van der Waals surface area contributed by atoms with E-state index in [1.54, 1.807) is 32.2 Å². The zero-order valence-corrected chi connectivity index (χ0v) is 20.4. The summed E-state index contributed by atoms with van der Waals surface area (Å²) in [6.45, 7) is 4.55. The number of amides is 2. The molecule has 0 aromatic heterocycles. The maximum Gasteiger partial charge on any atom is 0.262 e. The van der Waals surface area contributed by atoms with Crippen LogP contribution in [0, 0.1) is 17.1 Å². The highest BCUT2D eigenvalue weighted by atomic mass is 35.5. The monoisotopic (exact) mass is 500 g/mol. The summed E-state index contributed by atoms with van der Waals surface area (Å²) in [5, 5.41) is 14.4. The molecule has 1 fully saturated rings. The average molecular weight is 501 g/mol. The highest BCUT2D eigenvalue weighted by molar-refractivity contribution is 6.31. The summed E-state index contributed by atoms with van der Waals surface area (Å²) < 4.78 is 25.8. The summed E-state index contributed by atoms with van der Waals surface area (Å²) in [7, 11) is 1.79. The summed E-state index contributed by atoms with van der Waals surface area (Å²) in [5.74, 6) is -0.655. The first-order valence-electron chi connectivity index (χ1n) is 11.1. The van der Waals surface area contributed by atoms with Gasteiger partial charge in [0.25, 0.3) is 11.8 Å². The molecule has 0 spiro atoms. The van der Waals surface area contributed by atoms with Crippen LogP contribution in [-0.4, -0.2) is 55.8 Å². The van der Waals surface area contributed by atoms with Crippen LogP contribution in [0.3, 0.4) is 0 Å². The van der Waals surface area contributed by atoms with Crippen molar-refractivity contribution >= 4 is 40.4 Å². The van der Waals surface area contributed by atoms with Crippen LogP contribution in [-0.2, 0) is 4.79 Å². The Labute approximate surface area is 207 Å². The molecule has 2 amide bonds. The van der Waals surface area contributed by atoms with E-state index in [-0.39, 0.29) is 35.4 Å². The fraction of sp³-hybridized carbons (Fsp3) is 0.320. The number of hydrogen-bond acceptors (Lipinski definition) is 6. The molecule has 0 bridgehead atoms. The number of anilines is 1. The third kappa shape index (κ3) is 5.09. The van der Waals surface area contributed by atoms with Gasteiger partial charge in [-0.25, -0.2) is 4.39 Å². The van der Waals surface area contributed by atoms with Crippen molar-refractivity contribution in [3.63, 3.8) is 0 Å². The van der Waals surface area contributed by atoms with Crippen molar-refractivity contribution in [2.24, 2.45) is 5.92 Å². The number of rotatable bonds is 7. The van der Waals surface area contributed by atoms with E-state index >= 15 is 0 Å². The predicted octanol–water partition coefficient (Wildman–Crippen LogP) is 3.95. The molecule has 0 aliphatic carbocycles. The molecule has 2 aliphatic rings. The number of hydrogen-bond donors (Lipinski definition) is 3. The molecule has 1 saturated heterocycles. The van der Waals surface area contributed by atoms with E-state index < -0.39 is 11.7 Å². The van der Waals surface area contributed by atoms with Crippen molar-refractivity contribution in [1.29, 1.82) is 5.41 Å². The lowest BCUT2D eigenvalue weighted by molar-refractivity contribution is -0.118. The lowest BCUT2D eigenvalue weighted by Gasteiger charge is -2.39. The molecule has 0 saturated carbocycles. The zero-order valence-electron chi connectivity index (χ0n) is 19.6. The summed E-state index contributed by atoms with van der Waals surface area (Å²) in [4.78, 5) is 25.9. The third-order valence-electron chi connectivity index (χ3n) is 5.99. The van der Waals surface area contributed by atoms with Crippen LogP contribution in [0.2, 0.25) is 5.02 Å². The molecule has 2 heterocycles. The highest BCUT2D eigenvalue weighted by Crippen LogP contribution is 2.34. The predicted molar refractivity (Wildman–Crippen MR) is 132 cm³/mol. The zero-order chi connectivity index (χ0) is 25.3. The van der Waals surface area contributed by atoms with E-state index in [2.05, 4.69) is 10.6 Å². The SMILES string of the molecule is CN/C(C)=C(\C(C)=N)c1cc(Cl)ccc1OCC1CN(C(=O)c2cc3c(cc2F)OCC(=O)N3)C1. The highest BCUT2D eigenvalue weighted by Gasteiger charge is 2.34. The molecular formula is C25H26ClFN4O4. The fourth-order valence-electron chi connectivity index (χ4n) is 4.12. The molecular weight excluding hydrogens is 475 g/mol. The normalized spacial score (nSPS) is 15.8. The lowest BCUT2D eigenvalue weighted by Crippen LogP contribution is -2.52. The molecule has 2 aromatic carbocycles. The topological polar surface area (TPSA) is 104 Å². The first-order chi connectivity index (χ1) is 16.7. The number of ether oxygens (including phenoxy) is 2. The van der Waals surface area contributed by atoms with Gasteiger partial charge in [0.05, 0.1) is 17.9 Å². The van der Waals surface area contributed by atoms with Gasteiger partial charge in [-0.2, -0.15) is 0 Å². The van der Waals surface area contributed by atoms with Gasteiger partial charge >= 0.3 is 0 Å². The van der Waals surface area contributed by atoms with Crippen LogP contribution in [0.4, 0.5) is 10.1 Å². The Morgan fingerprint density at radius 1 is 1.29 bits per heavy atom. The average Bonchev–Trinajstić information content (AvgIpc) is 2.78. The van der Waals surface area contributed by atoms with Crippen molar-refractivity contribution in [2.45, 2.75) is 13.8 Å². The molecule has 0 atom stereocenters. The van der Waals surface area contributed by atoms with Gasteiger partial charge in [0.1, 0.15) is 17.3 Å². The van der Waals surface area contributed by atoms with Gasteiger partial charge in [-0.1, -0.05) is 11.6 Å². The second-order valence-corrected chi connectivity index (χ2v) is 9.00. The van der Waals surface area contributed by atoms with Crippen LogP contribution < -0.4 is 20.1 Å². The van der Waals surface area contributed by atoms with Gasteiger partial charge in [0.2, 0.25) is 0 Å². The van der Waals surface area contributed by atoms with Gasteiger partial charge in [0, 0.05) is 59.7 Å². The molecule has 8 nitrogen and oxygen atoms in total. The minimum absolute atomic E-state index is 0.0603. The van der Waals surface area contributed by atoms with Crippen molar-refractivity contribution in [2.75, 3.05) is 38.7 Å². The first-order valence-corrected chi connectivity index (χ1v) is 11.5. The largest absolute Gasteiger partial charge is 0.493 e. The fourth-order valence-corrected chi connectivity index (χ4v) is 4.29. The molecule has 0 radical (unpaired) electrons. The van der Waals surface area contributed by atoms with E-state index in [0.29, 0.717) is 47.3 Å².